The number of rotatable bonds is 0. The van der Waals surface area contributed by atoms with Crippen molar-refractivity contribution in [3.05, 3.63) is 0 Å². The van der Waals surface area contributed by atoms with Gasteiger partial charge in [0.1, 0.15) is 0 Å². The Kier molecular flexibility index (Phi) is 0.866. The molecule has 0 amide bonds. The lowest BCUT2D eigenvalue weighted by Gasteiger charge is -2.11. The van der Waals surface area contributed by atoms with Gasteiger partial charge >= 0.3 is 0 Å². The van der Waals surface area contributed by atoms with Gasteiger partial charge in [0.25, 0.3) is 0 Å². The molecule has 1 heterocycles. The number of ether oxygens (including phenoxy) is 1. The second-order valence-electron chi connectivity index (χ2n) is 2.73. The van der Waals surface area contributed by atoms with Crippen molar-refractivity contribution in [2.24, 2.45) is 5.73 Å². The fourth-order valence-corrected chi connectivity index (χ4v) is 1.48. The molecule has 1 unspecified atom stereocenters. The van der Waals surface area contributed by atoms with Crippen LogP contribution < -0.4 is 5.73 Å². The van der Waals surface area contributed by atoms with Crippen molar-refractivity contribution in [3.63, 3.8) is 0 Å². The van der Waals surface area contributed by atoms with Gasteiger partial charge in [0.2, 0.25) is 0 Å². The van der Waals surface area contributed by atoms with Crippen molar-refractivity contribution in [2.75, 3.05) is 0 Å². The Labute approximate surface area is 49.0 Å². The van der Waals surface area contributed by atoms with Crippen molar-refractivity contribution < 1.29 is 4.74 Å². The van der Waals surface area contributed by atoms with E-state index in [1.807, 2.05) is 0 Å². The Morgan fingerprint density at radius 1 is 1.38 bits per heavy atom. The van der Waals surface area contributed by atoms with Gasteiger partial charge in [0.15, 0.2) is 0 Å². The molecule has 2 rings (SSSR count). The van der Waals surface area contributed by atoms with Crippen LogP contribution in [-0.2, 0) is 4.74 Å². The second kappa shape index (κ2) is 1.45. The fourth-order valence-electron chi connectivity index (χ4n) is 1.48. The van der Waals surface area contributed by atoms with Gasteiger partial charge in [-0.15, -0.1) is 0 Å². The number of fused-ring (bicyclic) bond motifs is 1. The molecule has 0 aromatic rings. The second-order valence-corrected chi connectivity index (χ2v) is 2.73. The van der Waals surface area contributed by atoms with Gasteiger partial charge < -0.3 is 10.5 Å². The Balaban J connectivity index is 1.99. The van der Waals surface area contributed by atoms with Gasteiger partial charge in [-0.05, 0) is 19.3 Å². The summed E-state index contributed by atoms with van der Waals surface area (Å²) in [6.07, 6.45) is 4.68. The van der Waals surface area contributed by atoms with Crippen molar-refractivity contribution in [1.82, 2.24) is 0 Å². The monoisotopic (exact) mass is 113 g/mol. The molecule has 0 radical (unpaired) electrons. The minimum Gasteiger partial charge on any atom is -0.368 e. The summed E-state index contributed by atoms with van der Waals surface area (Å²) in [5, 5.41) is 0. The third kappa shape index (κ3) is 0.565. The van der Waals surface area contributed by atoms with Crippen molar-refractivity contribution in [1.29, 1.82) is 0 Å². The molecule has 8 heavy (non-hydrogen) atoms. The number of epoxide rings is 1. The normalized spacial score (nSPS) is 52.9. The van der Waals surface area contributed by atoms with E-state index in [-0.39, 0.29) is 0 Å². The first kappa shape index (κ1) is 4.77. The summed E-state index contributed by atoms with van der Waals surface area (Å²) in [7, 11) is 0. The van der Waals surface area contributed by atoms with Gasteiger partial charge in [-0.2, -0.15) is 0 Å². The van der Waals surface area contributed by atoms with Crippen LogP contribution in [0.3, 0.4) is 0 Å². The van der Waals surface area contributed by atoms with Crippen LogP contribution in [0.25, 0.3) is 0 Å². The van der Waals surface area contributed by atoms with Crippen LogP contribution in [0.15, 0.2) is 0 Å². The molecule has 46 valence electrons. The summed E-state index contributed by atoms with van der Waals surface area (Å²) in [6, 6.07) is 0.355. The summed E-state index contributed by atoms with van der Waals surface area (Å²) in [5.41, 5.74) is 5.69. The van der Waals surface area contributed by atoms with Gasteiger partial charge in [0, 0.05) is 6.04 Å². The van der Waals surface area contributed by atoms with E-state index in [9.17, 15) is 0 Å². The van der Waals surface area contributed by atoms with Crippen LogP contribution in [0.4, 0.5) is 0 Å². The average Bonchev–Trinajstić information content (AvgIpc) is 2.45. The quantitative estimate of drug-likeness (QED) is 0.458. The molecule has 0 spiro atoms. The highest BCUT2D eigenvalue weighted by molar-refractivity contribution is 4.96. The zero-order valence-corrected chi connectivity index (χ0v) is 4.84. The van der Waals surface area contributed by atoms with Crippen molar-refractivity contribution in [2.45, 2.75) is 37.5 Å². The van der Waals surface area contributed by atoms with Gasteiger partial charge in [-0.3, -0.25) is 0 Å². The smallest absolute Gasteiger partial charge is 0.0992 e. The molecule has 1 aliphatic heterocycles. The van der Waals surface area contributed by atoms with E-state index >= 15 is 0 Å². The number of hydrogen-bond acceptors (Lipinski definition) is 2. The highest BCUT2D eigenvalue weighted by Crippen LogP contribution is 2.35. The summed E-state index contributed by atoms with van der Waals surface area (Å²) in [4.78, 5) is 0. The Morgan fingerprint density at radius 3 is 2.88 bits per heavy atom. The maximum absolute atomic E-state index is 5.69. The van der Waals surface area contributed by atoms with Crippen LogP contribution in [0.5, 0.6) is 0 Å². The predicted molar refractivity (Wildman–Crippen MR) is 30.5 cm³/mol. The maximum atomic E-state index is 5.69. The molecule has 2 N–H and O–H groups in total. The van der Waals surface area contributed by atoms with Crippen LogP contribution in [0.1, 0.15) is 19.3 Å². The third-order valence-electron chi connectivity index (χ3n) is 2.07. The maximum Gasteiger partial charge on any atom is 0.0992 e. The Hall–Kier alpha value is -0.0800. The number of nitrogens with two attached hydrogens (primary N) is 1. The lowest BCUT2D eigenvalue weighted by Crippen LogP contribution is -2.30. The zero-order valence-electron chi connectivity index (χ0n) is 4.84. The molecule has 2 heteroatoms. The van der Waals surface area contributed by atoms with Gasteiger partial charge in [0.05, 0.1) is 12.2 Å². The van der Waals surface area contributed by atoms with Crippen LogP contribution in [0, 0.1) is 0 Å². The first-order chi connectivity index (χ1) is 3.88. The molecule has 2 fully saturated rings. The van der Waals surface area contributed by atoms with E-state index in [4.69, 9.17) is 10.5 Å². The van der Waals surface area contributed by atoms with E-state index in [2.05, 4.69) is 0 Å². The fraction of sp³-hybridized carbons (Fsp3) is 1.00. The first-order valence-corrected chi connectivity index (χ1v) is 3.29. The molecule has 0 aromatic carbocycles. The highest BCUT2D eigenvalue weighted by atomic mass is 16.6. The van der Waals surface area contributed by atoms with E-state index in [1.165, 1.54) is 19.3 Å². The molecule has 0 aromatic heterocycles. The molecular weight excluding hydrogens is 102 g/mol. The molecular formula is C6H11NO. The summed E-state index contributed by atoms with van der Waals surface area (Å²) in [6.45, 7) is 0. The highest BCUT2D eigenvalue weighted by Gasteiger charge is 2.45. The Morgan fingerprint density at radius 2 is 2.25 bits per heavy atom. The lowest BCUT2D eigenvalue weighted by atomic mass is 9.97. The van der Waals surface area contributed by atoms with Gasteiger partial charge in [-0.1, -0.05) is 0 Å². The van der Waals surface area contributed by atoms with E-state index < -0.39 is 0 Å². The summed E-state index contributed by atoms with van der Waals surface area (Å²) >= 11 is 0. The topological polar surface area (TPSA) is 38.5 Å². The molecule has 0 bridgehead atoms. The molecule has 1 aliphatic carbocycles. The van der Waals surface area contributed by atoms with E-state index in [1.54, 1.807) is 0 Å². The van der Waals surface area contributed by atoms with Crippen LogP contribution in [-0.4, -0.2) is 18.2 Å². The van der Waals surface area contributed by atoms with Crippen molar-refractivity contribution >= 4 is 0 Å². The molecule has 2 aliphatic rings. The van der Waals surface area contributed by atoms with Crippen LogP contribution >= 0.6 is 0 Å². The average molecular weight is 113 g/mol. The predicted octanol–water partition coefficient (Wildman–Crippen LogP) is 0.265. The molecule has 1 saturated heterocycles. The van der Waals surface area contributed by atoms with Crippen molar-refractivity contribution in [3.8, 4) is 0 Å². The van der Waals surface area contributed by atoms with E-state index in [0.717, 1.165) is 0 Å². The third-order valence-corrected chi connectivity index (χ3v) is 2.07. The van der Waals surface area contributed by atoms with E-state index in [0.29, 0.717) is 18.2 Å². The standard InChI is InChI=1S/C6H11NO/c7-4-2-1-3-5-6(4)8-5/h4-6H,1-3,7H2/t4?,5-,6+/m1/s1. The molecule has 3 atom stereocenters. The minimum atomic E-state index is 0.355. The lowest BCUT2D eigenvalue weighted by molar-refractivity contribution is 0.359. The Bertz CT molecular complexity index is 105. The first-order valence-electron chi connectivity index (χ1n) is 3.29. The minimum absolute atomic E-state index is 0.355. The van der Waals surface area contributed by atoms with Gasteiger partial charge in [-0.25, -0.2) is 0 Å². The molecule has 1 saturated carbocycles. The van der Waals surface area contributed by atoms with Crippen LogP contribution in [0.2, 0.25) is 0 Å². The summed E-state index contributed by atoms with van der Waals surface area (Å²) < 4.78 is 5.27. The summed E-state index contributed by atoms with van der Waals surface area (Å²) in [5.74, 6) is 0. The number of hydrogen-bond donors (Lipinski definition) is 1. The SMILES string of the molecule is NC1CCC[C@H]2O[C@@H]12. The molecule has 2 nitrogen and oxygen atoms in total. The largest absolute Gasteiger partial charge is 0.368 e. The zero-order chi connectivity index (χ0) is 5.56.